The third-order valence-electron chi connectivity index (χ3n) is 9.34. The lowest BCUT2D eigenvalue weighted by Gasteiger charge is -2.13. The smallest absolute Gasteiger partial charge is 0.164 e. The van der Waals surface area contributed by atoms with Crippen LogP contribution < -0.4 is 0 Å². The molecule has 0 aliphatic heterocycles. The minimum Gasteiger partial charge on any atom is -0.248 e. The van der Waals surface area contributed by atoms with Gasteiger partial charge >= 0.3 is 0 Å². The average Bonchev–Trinajstić information content (AvgIpc) is 3.24. The molecule has 0 spiro atoms. The van der Waals surface area contributed by atoms with E-state index < -0.39 is 0 Å². The Morgan fingerprint density at radius 3 is 1.38 bits per heavy atom. The molecule has 53 heavy (non-hydrogen) atoms. The maximum atomic E-state index is 5.08. The molecule has 0 saturated heterocycles. The van der Waals surface area contributed by atoms with Crippen LogP contribution in [0.25, 0.3) is 90.0 Å². The number of benzene rings is 6. The van der Waals surface area contributed by atoms with Gasteiger partial charge in [0.15, 0.2) is 17.5 Å². The monoisotopic (exact) mass is 679 g/mol. The third-order valence-corrected chi connectivity index (χ3v) is 9.34. The van der Waals surface area contributed by atoms with Crippen molar-refractivity contribution in [3.05, 3.63) is 188 Å². The first-order valence-corrected chi connectivity index (χ1v) is 17.7. The first-order chi connectivity index (χ1) is 26.1. The van der Waals surface area contributed by atoms with Crippen LogP contribution in [0.1, 0.15) is 5.56 Å². The van der Waals surface area contributed by atoms with E-state index in [4.69, 9.17) is 24.9 Å². The summed E-state index contributed by atoms with van der Waals surface area (Å²) in [6, 6.07) is 62.3. The molecule has 9 aromatic rings. The molecule has 0 aliphatic carbocycles. The largest absolute Gasteiger partial charge is 0.248 e. The molecule has 0 bridgehead atoms. The molecule has 0 fully saturated rings. The number of aromatic nitrogens is 5. The van der Waals surface area contributed by atoms with Gasteiger partial charge in [-0.25, -0.2) is 24.9 Å². The number of fused-ring (bicyclic) bond motifs is 1. The second-order valence-corrected chi connectivity index (χ2v) is 13.1. The summed E-state index contributed by atoms with van der Waals surface area (Å²) < 4.78 is 0. The summed E-state index contributed by atoms with van der Waals surface area (Å²) in [6.45, 7) is 2.12. The Balaban J connectivity index is 1.18. The molecule has 5 nitrogen and oxygen atoms in total. The highest BCUT2D eigenvalue weighted by Gasteiger charge is 2.16. The Kier molecular flexibility index (Phi) is 8.35. The lowest BCUT2D eigenvalue weighted by molar-refractivity contribution is 1.07. The van der Waals surface area contributed by atoms with Gasteiger partial charge in [-0.3, -0.25) is 0 Å². The molecule has 0 atom stereocenters. The summed E-state index contributed by atoms with van der Waals surface area (Å²) in [4.78, 5) is 25.2. The minimum absolute atomic E-state index is 0.593. The highest BCUT2D eigenvalue weighted by atomic mass is 15.0. The summed E-state index contributed by atoms with van der Waals surface area (Å²) in [7, 11) is 0. The number of para-hydroxylation sites is 1. The van der Waals surface area contributed by atoms with Crippen molar-refractivity contribution in [2.24, 2.45) is 0 Å². The zero-order valence-corrected chi connectivity index (χ0v) is 29.1. The molecule has 5 heteroatoms. The maximum Gasteiger partial charge on any atom is 0.164 e. The number of nitrogens with zero attached hydrogens (tertiary/aromatic N) is 5. The second-order valence-electron chi connectivity index (χ2n) is 13.1. The molecule has 0 N–H and O–H groups in total. The van der Waals surface area contributed by atoms with Gasteiger partial charge in [-0.1, -0.05) is 140 Å². The van der Waals surface area contributed by atoms with Gasteiger partial charge in [0.05, 0.1) is 22.6 Å². The van der Waals surface area contributed by atoms with E-state index in [0.717, 1.165) is 72.5 Å². The van der Waals surface area contributed by atoms with Crippen LogP contribution >= 0.6 is 0 Å². The van der Waals surface area contributed by atoms with Crippen LogP contribution in [0.3, 0.4) is 0 Å². The topological polar surface area (TPSA) is 64.5 Å². The summed E-state index contributed by atoms with van der Waals surface area (Å²) >= 11 is 0. The van der Waals surface area contributed by atoms with Crippen LogP contribution in [0, 0.1) is 6.92 Å². The van der Waals surface area contributed by atoms with E-state index >= 15 is 0 Å². The molecular formula is C48H33N5. The van der Waals surface area contributed by atoms with Gasteiger partial charge < -0.3 is 0 Å². The number of aryl methyl sites for hydroxylation is 1. The van der Waals surface area contributed by atoms with E-state index in [1.54, 1.807) is 0 Å². The lowest BCUT2D eigenvalue weighted by atomic mass is 9.96. The van der Waals surface area contributed by atoms with Gasteiger partial charge in [-0.2, -0.15) is 0 Å². The Bertz CT molecular complexity index is 2650. The molecule has 250 valence electrons. The van der Waals surface area contributed by atoms with Crippen molar-refractivity contribution in [1.29, 1.82) is 0 Å². The molecule has 0 saturated carbocycles. The highest BCUT2D eigenvalue weighted by molar-refractivity contribution is 5.85. The Hall–Kier alpha value is -7.11. The lowest BCUT2D eigenvalue weighted by Crippen LogP contribution is -2.00. The third kappa shape index (κ3) is 6.72. The van der Waals surface area contributed by atoms with Crippen molar-refractivity contribution < 1.29 is 0 Å². The van der Waals surface area contributed by atoms with Crippen molar-refractivity contribution in [3.8, 4) is 79.1 Å². The van der Waals surface area contributed by atoms with E-state index in [0.29, 0.717) is 17.5 Å². The predicted molar refractivity (Wildman–Crippen MR) is 216 cm³/mol. The number of hydrogen-bond donors (Lipinski definition) is 0. The standard InChI is InChI=1S/C48H33N5/c1-32-27-44(34-13-5-2-6-14-34)50-45(28-32)36-23-21-33(22-24-36)39-29-40(43-26-25-35-15-11-12-20-42(35)49-43)31-41(30-39)48-52-46(37-16-7-3-8-17-37)51-47(53-48)38-18-9-4-10-19-38/h2-31H,1H3. The summed E-state index contributed by atoms with van der Waals surface area (Å²) in [5.74, 6) is 1.83. The van der Waals surface area contributed by atoms with Crippen LogP contribution in [0.5, 0.6) is 0 Å². The Morgan fingerprint density at radius 2 is 0.755 bits per heavy atom. The summed E-state index contributed by atoms with van der Waals surface area (Å²) in [6.07, 6.45) is 0. The van der Waals surface area contributed by atoms with Crippen LogP contribution in [-0.4, -0.2) is 24.9 Å². The van der Waals surface area contributed by atoms with Gasteiger partial charge in [0.2, 0.25) is 0 Å². The van der Waals surface area contributed by atoms with Gasteiger partial charge in [0.1, 0.15) is 0 Å². The van der Waals surface area contributed by atoms with E-state index in [2.05, 4.69) is 97.9 Å². The Morgan fingerprint density at radius 1 is 0.283 bits per heavy atom. The second kappa shape index (κ2) is 13.9. The highest BCUT2D eigenvalue weighted by Crippen LogP contribution is 2.35. The van der Waals surface area contributed by atoms with Gasteiger partial charge in [-0.15, -0.1) is 0 Å². The van der Waals surface area contributed by atoms with Gasteiger partial charge in [0.25, 0.3) is 0 Å². The molecule has 3 aromatic heterocycles. The maximum absolute atomic E-state index is 5.08. The van der Waals surface area contributed by atoms with Crippen molar-refractivity contribution >= 4 is 10.9 Å². The summed E-state index contributed by atoms with van der Waals surface area (Å²) in [5.41, 5.74) is 12.9. The van der Waals surface area contributed by atoms with E-state index in [1.165, 1.54) is 5.56 Å². The normalized spacial score (nSPS) is 11.1. The molecule has 6 aromatic carbocycles. The zero-order chi connectivity index (χ0) is 35.6. The zero-order valence-electron chi connectivity index (χ0n) is 29.1. The van der Waals surface area contributed by atoms with Crippen LogP contribution in [0.2, 0.25) is 0 Å². The van der Waals surface area contributed by atoms with Crippen molar-refractivity contribution in [1.82, 2.24) is 24.9 Å². The Labute approximate surface area is 308 Å². The van der Waals surface area contributed by atoms with E-state index in [1.807, 2.05) is 91.0 Å². The SMILES string of the molecule is Cc1cc(-c2ccccc2)nc(-c2ccc(-c3cc(-c4ccc5ccccc5n4)cc(-c4nc(-c5ccccc5)nc(-c5ccccc5)n4)c3)cc2)c1. The van der Waals surface area contributed by atoms with Crippen LogP contribution in [0.4, 0.5) is 0 Å². The van der Waals surface area contributed by atoms with Crippen LogP contribution in [-0.2, 0) is 0 Å². The molecule has 0 amide bonds. The molecule has 3 heterocycles. The van der Waals surface area contributed by atoms with Crippen molar-refractivity contribution in [2.75, 3.05) is 0 Å². The number of pyridine rings is 2. The molecule has 0 unspecified atom stereocenters. The molecule has 0 radical (unpaired) electrons. The van der Waals surface area contributed by atoms with E-state index in [-0.39, 0.29) is 0 Å². The molecular weight excluding hydrogens is 647 g/mol. The quantitative estimate of drug-likeness (QED) is 0.168. The fourth-order valence-electron chi connectivity index (χ4n) is 6.64. The fraction of sp³-hybridized carbons (Fsp3) is 0.0208. The molecule has 0 aliphatic rings. The minimum atomic E-state index is 0.593. The first kappa shape index (κ1) is 31.8. The number of hydrogen-bond acceptors (Lipinski definition) is 5. The van der Waals surface area contributed by atoms with Crippen molar-refractivity contribution in [3.63, 3.8) is 0 Å². The first-order valence-electron chi connectivity index (χ1n) is 17.7. The average molecular weight is 680 g/mol. The van der Waals surface area contributed by atoms with Crippen molar-refractivity contribution in [2.45, 2.75) is 6.92 Å². The van der Waals surface area contributed by atoms with Crippen LogP contribution in [0.15, 0.2) is 182 Å². The van der Waals surface area contributed by atoms with Gasteiger partial charge in [-0.05, 0) is 66.1 Å². The predicted octanol–water partition coefficient (Wildman–Crippen LogP) is 11.8. The van der Waals surface area contributed by atoms with E-state index in [9.17, 15) is 0 Å². The summed E-state index contributed by atoms with van der Waals surface area (Å²) in [5, 5.41) is 1.10. The number of rotatable bonds is 7. The molecule has 9 rings (SSSR count). The fourth-order valence-corrected chi connectivity index (χ4v) is 6.64. The van der Waals surface area contributed by atoms with Gasteiger partial charge in [0, 0.05) is 38.8 Å².